The minimum Gasteiger partial charge on any atom is -0.353 e. The van der Waals surface area contributed by atoms with Crippen molar-refractivity contribution in [2.75, 3.05) is 0 Å². The molecule has 84 valence electrons. The third kappa shape index (κ3) is 4.98. The van der Waals surface area contributed by atoms with Crippen molar-refractivity contribution in [3.05, 3.63) is 22.4 Å². The zero-order valence-electron chi connectivity index (χ0n) is 9.62. The molecule has 0 bridgehead atoms. The van der Waals surface area contributed by atoms with Crippen LogP contribution in [0.5, 0.6) is 0 Å². The molecule has 1 aromatic rings. The Bertz CT molecular complexity index is 293. The van der Waals surface area contributed by atoms with Gasteiger partial charge in [0.1, 0.15) is 0 Å². The van der Waals surface area contributed by atoms with Crippen LogP contribution in [0.15, 0.2) is 17.5 Å². The van der Waals surface area contributed by atoms with Gasteiger partial charge in [0.2, 0.25) is 5.91 Å². The number of rotatable bonds is 5. The molecule has 1 amide bonds. The predicted octanol–water partition coefficient (Wildman–Crippen LogP) is 2.84. The first kappa shape index (κ1) is 12.2. The third-order valence-corrected chi connectivity index (χ3v) is 2.99. The second kappa shape index (κ2) is 5.91. The molecule has 3 heteroatoms. The van der Waals surface area contributed by atoms with Crippen LogP contribution in [-0.2, 0) is 11.2 Å². The molecule has 1 atom stereocenters. The van der Waals surface area contributed by atoms with Crippen LogP contribution >= 0.6 is 11.3 Å². The van der Waals surface area contributed by atoms with Gasteiger partial charge in [0.15, 0.2) is 0 Å². The summed E-state index contributed by atoms with van der Waals surface area (Å²) in [6.45, 7) is 6.17. The summed E-state index contributed by atoms with van der Waals surface area (Å²) >= 11 is 1.74. The Morgan fingerprint density at radius 2 is 2.20 bits per heavy atom. The van der Waals surface area contributed by atoms with Crippen molar-refractivity contribution in [1.29, 1.82) is 0 Å². The lowest BCUT2D eigenvalue weighted by molar-refractivity contribution is -0.122. The van der Waals surface area contributed by atoms with Crippen LogP contribution in [0, 0.1) is 5.92 Å². The van der Waals surface area contributed by atoms with Crippen molar-refractivity contribution >= 4 is 17.2 Å². The zero-order valence-corrected chi connectivity index (χ0v) is 10.4. The Labute approximate surface area is 95.7 Å². The fourth-order valence-corrected chi connectivity index (χ4v) is 2.32. The molecule has 0 fully saturated rings. The lowest BCUT2D eigenvalue weighted by atomic mass is 10.1. The summed E-state index contributed by atoms with van der Waals surface area (Å²) in [5.41, 5.74) is 0. The molecule has 0 unspecified atom stereocenters. The summed E-state index contributed by atoms with van der Waals surface area (Å²) < 4.78 is 0. The number of nitrogens with one attached hydrogen (secondary N) is 1. The zero-order chi connectivity index (χ0) is 11.3. The van der Waals surface area contributed by atoms with E-state index in [4.69, 9.17) is 0 Å². The second-order valence-corrected chi connectivity index (χ2v) is 5.38. The molecule has 0 aliphatic rings. The number of thiophene rings is 1. The van der Waals surface area contributed by atoms with Gasteiger partial charge in [-0.1, -0.05) is 19.9 Å². The molecule has 0 aliphatic heterocycles. The summed E-state index contributed by atoms with van der Waals surface area (Å²) in [7, 11) is 0. The van der Waals surface area contributed by atoms with Crippen molar-refractivity contribution in [3.8, 4) is 0 Å². The van der Waals surface area contributed by atoms with Gasteiger partial charge in [0, 0.05) is 23.8 Å². The predicted molar refractivity (Wildman–Crippen MR) is 65.1 cm³/mol. The molecule has 1 aromatic heterocycles. The molecule has 0 aromatic carbocycles. The highest BCUT2D eigenvalue weighted by Gasteiger charge is 2.09. The molecule has 15 heavy (non-hydrogen) atoms. The summed E-state index contributed by atoms with van der Waals surface area (Å²) in [4.78, 5) is 12.8. The fraction of sp³-hybridized carbons (Fsp3) is 0.583. The van der Waals surface area contributed by atoms with E-state index in [9.17, 15) is 4.79 Å². The van der Waals surface area contributed by atoms with Gasteiger partial charge in [-0.05, 0) is 24.3 Å². The fourth-order valence-electron chi connectivity index (χ4n) is 1.49. The van der Waals surface area contributed by atoms with Crippen LogP contribution in [0.25, 0.3) is 0 Å². The summed E-state index contributed by atoms with van der Waals surface area (Å²) in [5, 5.41) is 5.08. The van der Waals surface area contributed by atoms with E-state index in [0.29, 0.717) is 12.3 Å². The molecule has 1 rings (SSSR count). The first-order valence-corrected chi connectivity index (χ1v) is 6.27. The molecular formula is C12H19NOS. The van der Waals surface area contributed by atoms with Crippen molar-refractivity contribution in [1.82, 2.24) is 5.32 Å². The smallest absolute Gasteiger partial charge is 0.220 e. The molecule has 0 saturated heterocycles. The maximum absolute atomic E-state index is 11.5. The number of carbonyl (C=O) groups is 1. The maximum Gasteiger partial charge on any atom is 0.220 e. The first-order chi connectivity index (χ1) is 7.08. The average molecular weight is 225 g/mol. The van der Waals surface area contributed by atoms with Crippen LogP contribution in [-0.4, -0.2) is 11.9 Å². The summed E-state index contributed by atoms with van der Waals surface area (Å²) in [5.74, 6) is 0.591. The largest absolute Gasteiger partial charge is 0.353 e. The number of amides is 1. The first-order valence-electron chi connectivity index (χ1n) is 5.39. The topological polar surface area (TPSA) is 29.1 Å². The maximum atomic E-state index is 11.5. The summed E-state index contributed by atoms with van der Waals surface area (Å²) in [6.07, 6.45) is 1.55. The SMILES string of the molecule is CC(C)CC(=O)N[C@H](C)Cc1cccs1. The molecule has 1 heterocycles. The third-order valence-electron chi connectivity index (χ3n) is 2.09. The minimum absolute atomic E-state index is 0.161. The number of hydrogen-bond acceptors (Lipinski definition) is 2. The Balaban J connectivity index is 2.29. The van der Waals surface area contributed by atoms with E-state index in [2.05, 4.69) is 37.5 Å². The minimum atomic E-state index is 0.161. The monoisotopic (exact) mass is 225 g/mol. The Kier molecular flexibility index (Phi) is 4.82. The van der Waals surface area contributed by atoms with Gasteiger partial charge in [0.05, 0.1) is 0 Å². The standard InChI is InChI=1S/C12H19NOS/c1-9(2)7-12(14)13-10(3)8-11-5-4-6-15-11/h4-6,9-10H,7-8H2,1-3H3,(H,13,14)/t10-/m1/s1. The van der Waals surface area contributed by atoms with Crippen LogP contribution < -0.4 is 5.32 Å². The highest BCUT2D eigenvalue weighted by Crippen LogP contribution is 2.11. The van der Waals surface area contributed by atoms with Crippen LogP contribution in [0.4, 0.5) is 0 Å². The molecule has 2 nitrogen and oxygen atoms in total. The van der Waals surface area contributed by atoms with E-state index in [1.165, 1.54) is 4.88 Å². The van der Waals surface area contributed by atoms with Gasteiger partial charge in [-0.25, -0.2) is 0 Å². The number of carbonyl (C=O) groups excluding carboxylic acids is 1. The van der Waals surface area contributed by atoms with Gasteiger partial charge in [-0.2, -0.15) is 0 Å². The van der Waals surface area contributed by atoms with Crippen molar-refractivity contribution in [2.45, 2.75) is 39.7 Å². The molecule has 0 aliphatic carbocycles. The van der Waals surface area contributed by atoms with E-state index in [0.717, 1.165) is 6.42 Å². The molecule has 0 radical (unpaired) electrons. The van der Waals surface area contributed by atoms with E-state index in [1.807, 2.05) is 6.07 Å². The molecular weight excluding hydrogens is 206 g/mol. The molecule has 1 N–H and O–H groups in total. The van der Waals surface area contributed by atoms with Crippen molar-refractivity contribution in [2.24, 2.45) is 5.92 Å². The average Bonchev–Trinajstić information content (AvgIpc) is 2.53. The van der Waals surface area contributed by atoms with Crippen molar-refractivity contribution < 1.29 is 4.79 Å². The van der Waals surface area contributed by atoms with Crippen LogP contribution in [0.1, 0.15) is 32.1 Å². The highest BCUT2D eigenvalue weighted by molar-refractivity contribution is 7.09. The quantitative estimate of drug-likeness (QED) is 0.820. The van der Waals surface area contributed by atoms with E-state index < -0.39 is 0 Å². The Morgan fingerprint density at radius 1 is 1.47 bits per heavy atom. The lowest BCUT2D eigenvalue weighted by Gasteiger charge is -2.13. The second-order valence-electron chi connectivity index (χ2n) is 4.35. The van der Waals surface area contributed by atoms with Crippen LogP contribution in [0.2, 0.25) is 0 Å². The van der Waals surface area contributed by atoms with Gasteiger partial charge >= 0.3 is 0 Å². The van der Waals surface area contributed by atoms with E-state index in [-0.39, 0.29) is 11.9 Å². The Morgan fingerprint density at radius 3 is 2.73 bits per heavy atom. The molecule has 0 spiro atoms. The normalized spacial score (nSPS) is 12.8. The highest BCUT2D eigenvalue weighted by atomic mass is 32.1. The van der Waals surface area contributed by atoms with E-state index >= 15 is 0 Å². The van der Waals surface area contributed by atoms with Crippen LogP contribution in [0.3, 0.4) is 0 Å². The van der Waals surface area contributed by atoms with E-state index in [1.54, 1.807) is 11.3 Å². The summed E-state index contributed by atoms with van der Waals surface area (Å²) in [6, 6.07) is 4.38. The molecule has 0 saturated carbocycles. The lowest BCUT2D eigenvalue weighted by Crippen LogP contribution is -2.34. The van der Waals surface area contributed by atoms with Gasteiger partial charge in [-0.15, -0.1) is 11.3 Å². The van der Waals surface area contributed by atoms with Gasteiger partial charge in [-0.3, -0.25) is 4.79 Å². The van der Waals surface area contributed by atoms with Gasteiger partial charge < -0.3 is 5.32 Å². The number of hydrogen-bond donors (Lipinski definition) is 1. The Hall–Kier alpha value is -0.830. The van der Waals surface area contributed by atoms with Gasteiger partial charge in [0.25, 0.3) is 0 Å². The van der Waals surface area contributed by atoms with Crippen molar-refractivity contribution in [3.63, 3.8) is 0 Å².